The third-order valence-corrected chi connectivity index (χ3v) is 2.51. The van der Waals surface area contributed by atoms with Gasteiger partial charge in [0.15, 0.2) is 0 Å². The minimum atomic E-state index is -1.18. The van der Waals surface area contributed by atoms with E-state index in [0.29, 0.717) is 0 Å². The van der Waals surface area contributed by atoms with Crippen LogP contribution in [0, 0.1) is 22.9 Å². The van der Waals surface area contributed by atoms with Crippen molar-refractivity contribution in [2.45, 2.75) is 6.92 Å². The van der Waals surface area contributed by atoms with Crippen molar-refractivity contribution in [1.82, 2.24) is 9.97 Å². The van der Waals surface area contributed by atoms with Crippen LogP contribution >= 0.6 is 0 Å². The van der Waals surface area contributed by atoms with E-state index in [1.807, 2.05) is 0 Å². The minimum absolute atomic E-state index is 0.0411. The number of benzene rings is 1. The van der Waals surface area contributed by atoms with Crippen molar-refractivity contribution in [2.24, 2.45) is 0 Å². The third-order valence-electron chi connectivity index (χ3n) is 2.51. The highest BCUT2D eigenvalue weighted by Crippen LogP contribution is 2.25. The fourth-order valence-corrected chi connectivity index (χ4v) is 1.51. The van der Waals surface area contributed by atoms with Gasteiger partial charge in [0.1, 0.15) is 5.75 Å². The van der Waals surface area contributed by atoms with E-state index in [1.54, 1.807) is 0 Å². The maximum atomic E-state index is 13.4. The van der Waals surface area contributed by atoms with Crippen molar-refractivity contribution in [3.05, 3.63) is 51.6 Å². The Morgan fingerprint density at radius 2 is 2.19 bits per heavy atom. The number of carbonyl (C=O) groups is 1. The fourth-order valence-electron chi connectivity index (χ4n) is 1.51. The molecule has 1 aromatic carbocycles. The predicted octanol–water partition coefficient (Wildman–Crippen LogP) is 2.32. The van der Waals surface area contributed by atoms with Crippen molar-refractivity contribution in [1.29, 1.82) is 0 Å². The van der Waals surface area contributed by atoms with Gasteiger partial charge in [-0.15, -0.1) is 0 Å². The summed E-state index contributed by atoms with van der Waals surface area (Å²) in [6.07, 6.45) is 1.06. The van der Waals surface area contributed by atoms with Crippen molar-refractivity contribution in [3.63, 3.8) is 0 Å². The monoisotopic (exact) mass is 293 g/mol. The van der Waals surface area contributed by atoms with E-state index in [4.69, 9.17) is 9.84 Å². The maximum absolute atomic E-state index is 13.4. The molecule has 2 aromatic rings. The lowest BCUT2D eigenvalue weighted by Gasteiger charge is -2.05. The van der Waals surface area contributed by atoms with E-state index >= 15 is 0 Å². The summed E-state index contributed by atoms with van der Waals surface area (Å²) in [4.78, 5) is 27.9. The highest BCUT2D eigenvalue weighted by atomic mass is 19.1. The second-order valence-electron chi connectivity index (χ2n) is 3.93. The molecule has 0 aliphatic carbocycles. The van der Waals surface area contributed by atoms with Gasteiger partial charge >= 0.3 is 17.7 Å². The average Bonchev–Trinajstić information content (AvgIpc) is 2.37. The molecule has 8 nitrogen and oxygen atoms in total. The Morgan fingerprint density at radius 1 is 1.48 bits per heavy atom. The molecule has 9 heteroatoms. The second-order valence-corrected chi connectivity index (χ2v) is 3.93. The van der Waals surface area contributed by atoms with Crippen LogP contribution in [-0.2, 0) is 0 Å². The Labute approximate surface area is 117 Å². The summed E-state index contributed by atoms with van der Waals surface area (Å²) in [5.74, 6) is -2.28. The molecule has 0 saturated heterocycles. The zero-order valence-electron chi connectivity index (χ0n) is 10.6. The quantitative estimate of drug-likeness (QED) is 0.679. The van der Waals surface area contributed by atoms with Crippen molar-refractivity contribution < 1.29 is 24.0 Å². The summed E-state index contributed by atoms with van der Waals surface area (Å²) in [6, 6.07) is 2.77. The Bertz CT molecular complexity index is 673. The Hall–Kier alpha value is -3.10. The van der Waals surface area contributed by atoms with Crippen molar-refractivity contribution in [3.8, 4) is 11.8 Å². The lowest BCUT2D eigenvalue weighted by molar-refractivity contribution is -0.387. The van der Waals surface area contributed by atoms with E-state index < -0.39 is 22.4 Å². The van der Waals surface area contributed by atoms with E-state index in [-0.39, 0.29) is 23.0 Å². The van der Waals surface area contributed by atoms with Gasteiger partial charge in [-0.2, -0.15) is 9.37 Å². The average molecular weight is 293 g/mol. The molecular formula is C12H8FN3O5. The normalized spacial score (nSPS) is 10.2. The Kier molecular flexibility index (Phi) is 3.74. The van der Waals surface area contributed by atoms with Gasteiger partial charge < -0.3 is 9.84 Å². The summed E-state index contributed by atoms with van der Waals surface area (Å²) < 4.78 is 18.5. The zero-order chi connectivity index (χ0) is 15.6. The molecule has 0 radical (unpaired) electrons. The first-order valence-electron chi connectivity index (χ1n) is 5.57. The van der Waals surface area contributed by atoms with Crippen LogP contribution in [0.15, 0.2) is 24.4 Å². The Morgan fingerprint density at radius 3 is 2.71 bits per heavy atom. The smallest absolute Gasteiger partial charge is 0.339 e. The molecule has 0 amide bonds. The van der Waals surface area contributed by atoms with Crippen LogP contribution in [0.5, 0.6) is 11.8 Å². The van der Waals surface area contributed by atoms with Crippen LogP contribution in [0.25, 0.3) is 0 Å². The number of aryl methyl sites for hydroxylation is 1. The van der Waals surface area contributed by atoms with Gasteiger partial charge in [0.2, 0.25) is 5.82 Å². The zero-order valence-corrected chi connectivity index (χ0v) is 10.6. The van der Waals surface area contributed by atoms with Gasteiger partial charge in [-0.05, 0) is 13.0 Å². The first kappa shape index (κ1) is 14.3. The first-order valence-corrected chi connectivity index (χ1v) is 5.57. The van der Waals surface area contributed by atoms with E-state index in [1.165, 1.54) is 13.0 Å². The third kappa shape index (κ3) is 3.08. The highest BCUT2D eigenvalue weighted by Gasteiger charge is 2.16. The molecule has 0 spiro atoms. The molecule has 0 unspecified atom stereocenters. The Balaban J connectivity index is 2.26. The molecule has 0 bridgehead atoms. The molecule has 1 heterocycles. The van der Waals surface area contributed by atoms with Gasteiger partial charge in [-0.3, -0.25) is 10.1 Å². The summed E-state index contributed by atoms with van der Waals surface area (Å²) in [5.41, 5.74) is -0.590. The predicted molar refractivity (Wildman–Crippen MR) is 66.9 cm³/mol. The molecule has 1 N–H and O–H groups in total. The van der Waals surface area contributed by atoms with Crippen molar-refractivity contribution in [2.75, 3.05) is 0 Å². The molecule has 0 aliphatic rings. The van der Waals surface area contributed by atoms with Gasteiger partial charge in [0.25, 0.3) is 0 Å². The SMILES string of the molecule is Cc1nc(Oc2ccc([N+](=O)[O-])c(F)c2)ncc1C(=O)O. The van der Waals surface area contributed by atoms with Crippen LogP contribution in [0.4, 0.5) is 10.1 Å². The highest BCUT2D eigenvalue weighted by molar-refractivity contribution is 5.88. The number of nitrogens with zero attached hydrogens (tertiary/aromatic N) is 3. The summed E-state index contributed by atoms with van der Waals surface area (Å²) >= 11 is 0. The number of nitro benzene ring substituents is 1. The largest absolute Gasteiger partial charge is 0.478 e. The molecule has 0 saturated carbocycles. The maximum Gasteiger partial charge on any atom is 0.339 e. The molecule has 0 aliphatic heterocycles. The first-order chi connectivity index (χ1) is 9.88. The van der Waals surface area contributed by atoms with Crippen LogP contribution < -0.4 is 4.74 Å². The van der Waals surface area contributed by atoms with Gasteiger partial charge in [-0.25, -0.2) is 9.78 Å². The summed E-state index contributed by atoms with van der Waals surface area (Å²) in [7, 11) is 0. The van der Waals surface area contributed by atoms with Crippen LogP contribution in [-0.4, -0.2) is 26.0 Å². The van der Waals surface area contributed by atoms with Gasteiger partial charge in [-0.1, -0.05) is 0 Å². The summed E-state index contributed by atoms with van der Waals surface area (Å²) in [6.45, 7) is 1.45. The lowest BCUT2D eigenvalue weighted by atomic mass is 10.2. The number of hydrogen-bond acceptors (Lipinski definition) is 6. The number of carboxylic acid groups (broad SMARTS) is 1. The number of aromatic nitrogens is 2. The summed E-state index contributed by atoms with van der Waals surface area (Å²) in [5, 5.41) is 19.3. The number of aromatic carboxylic acids is 1. The van der Waals surface area contributed by atoms with Crippen LogP contribution in [0.2, 0.25) is 0 Å². The standard InChI is InChI=1S/C12H8FN3O5/c1-6-8(11(17)18)5-14-12(15-6)21-7-2-3-10(16(19)20)9(13)4-7/h2-5H,1H3,(H,17,18). The van der Waals surface area contributed by atoms with E-state index in [9.17, 15) is 19.3 Å². The molecule has 0 atom stereocenters. The molecule has 21 heavy (non-hydrogen) atoms. The molecule has 1 aromatic heterocycles. The number of hydrogen-bond donors (Lipinski definition) is 1. The minimum Gasteiger partial charge on any atom is -0.478 e. The van der Waals surface area contributed by atoms with E-state index in [0.717, 1.165) is 18.3 Å². The number of carboxylic acids is 1. The number of halogens is 1. The van der Waals surface area contributed by atoms with Gasteiger partial charge in [0.05, 0.1) is 16.2 Å². The number of nitro groups is 1. The van der Waals surface area contributed by atoms with E-state index in [2.05, 4.69) is 9.97 Å². The molecular weight excluding hydrogens is 285 g/mol. The fraction of sp³-hybridized carbons (Fsp3) is 0.0833. The van der Waals surface area contributed by atoms with Crippen LogP contribution in [0.1, 0.15) is 16.1 Å². The van der Waals surface area contributed by atoms with Crippen molar-refractivity contribution >= 4 is 11.7 Å². The lowest BCUT2D eigenvalue weighted by Crippen LogP contribution is -2.04. The topological polar surface area (TPSA) is 115 Å². The molecule has 0 fully saturated rings. The number of rotatable bonds is 4. The molecule has 108 valence electrons. The second kappa shape index (κ2) is 5.49. The van der Waals surface area contributed by atoms with Gasteiger partial charge in [0, 0.05) is 18.3 Å². The number of ether oxygens (including phenoxy) is 1. The van der Waals surface area contributed by atoms with Crippen LogP contribution in [0.3, 0.4) is 0 Å². The molecule has 2 rings (SSSR count).